The molecule has 2 rings (SSSR count). The van der Waals surface area contributed by atoms with Crippen LogP contribution in [0.2, 0.25) is 0 Å². The predicted octanol–water partition coefficient (Wildman–Crippen LogP) is 3.70. The molecule has 0 fully saturated rings. The van der Waals surface area contributed by atoms with Crippen molar-refractivity contribution in [2.24, 2.45) is 0 Å². The van der Waals surface area contributed by atoms with Crippen molar-refractivity contribution in [2.45, 2.75) is 38.8 Å². The molecule has 0 spiro atoms. The average Bonchev–Trinajstić information content (AvgIpc) is 2.50. The summed E-state index contributed by atoms with van der Waals surface area (Å²) in [6.45, 7) is 5.23. The molecule has 0 aliphatic rings. The zero-order valence-electron chi connectivity index (χ0n) is 12.6. The normalized spacial score (nSPS) is 14.3. The van der Waals surface area contributed by atoms with Gasteiger partial charge in [0.2, 0.25) is 0 Å². The van der Waals surface area contributed by atoms with Crippen molar-refractivity contribution in [3.05, 3.63) is 42.2 Å². The average molecular weight is 272 g/mol. The van der Waals surface area contributed by atoms with E-state index in [0.717, 1.165) is 19.4 Å². The Morgan fingerprint density at radius 1 is 1.20 bits per heavy atom. The van der Waals surface area contributed by atoms with Gasteiger partial charge in [0.05, 0.1) is 12.1 Å². The first-order valence-electron chi connectivity index (χ1n) is 7.40. The first-order valence-corrected chi connectivity index (χ1v) is 7.40. The number of benzene rings is 1. The summed E-state index contributed by atoms with van der Waals surface area (Å²) in [5.74, 6) is 0. The molecule has 108 valence electrons. The molecular weight excluding hydrogens is 248 g/mol. The van der Waals surface area contributed by atoms with Gasteiger partial charge in [-0.25, -0.2) is 0 Å². The second-order valence-electron chi connectivity index (χ2n) is 5.05. The standard InChI is InChI=1S/C17H24N2O/c1-4-8-16(20-3)17(19-5-2)15-12-18-11-13-9-6-7-10-14(13)15/h6-7,9-12,16-17,19H,4-5,8H2,1-3H3. The van der Waals surface area contributed by atoms with Crippen LogP contribution in [0.5, 0.6) is 0 Å². The molecule has 1 aromatic heterocycles. The number of hydrogen-bond acceptors (Lipinski definition) is 3. The van der Waals surface area contributed by atoms with Crippen molar-refractivity contribution in [3.63, 3.8) is 0 Å². The molecule has 3 nitrogen and oxygen atoms in total. The number of nitrogens with one attached hydrogen (secondary N) is 1. The molecular formula is C17H24N2O. The summed E-state index contributed by atoms with van der Waals surface area (Å²) in [5.41, 5.74) is 1.23. The number of rotatable bonds is 7. The first kappa shape index (κ1) is 14.9. The first-order chi connectivity index (χ1) is 9.81. The van der Waals surface area contributed by atoms with Crippen LogP contribution < -0.4 is 5.32 Å². The van der Waals surface area contributed by atoms with E-state index in [1.54, 1.807) is 7.11 Å². The van der Waals surface area contributed by atoms with Gasteiger partial charge in [-0.2, -0.15) is 0 Å². The van der Waals surface area contributed by atoms with Gasteiger partial charge in [0.15, 0.2) is 0 Å². The third kappa shape index (κ3) is 3.17. The maximum atomic E-state index is 5.72. The summed E-state index contributed by atoms with van der Waals surface area (Å²) < 4.78 is 5.72. The molecule has 2 atom stereocenters. The number of likely N-dealkylation sites (N-methyl/N-ethyl adjacent to an activating group) is 1. The Balaban J connectivity index is 2.45. The molecule has 0 saturated heterocycles. The van der Waals surface area contributed by atoms with Gasteiger partial charge in [0.1, 0.15) is 0 Å². The highest BCUT2D eigenvalue weighted by atomic mass is 16.5. The summed E-state index contributed by atoms with van der Waals surface area (Å²) in [6.07, 6.45) is 6.21. The van der Waals surface area contributed by atoms with Crippen LogP contribution in [0.4, 0.5) is 0 Å². The number of ether oxygens (including phenoxy) is 1. The second-order valence-corrected chi connectivity index (χ2v) is 5.05. The van der Waals surface area contributed by atoms with Gasteiger partial charge in [-0.1, -0.05) is 44.5 Å². The molecule has 0 saturated carbocycles. The van der Waals surface area contributed by atoms with E-state index in [-0.39, 0.29) is 12.1 Å². The predicted molar refractivity (Wildman–Crippen MR) is 83.9 cm³/mol. The fraction of sp³-hybridized carbons (Fsp3) is 0.471. The van der Waals surface area contributed by atoms with E-state index >= 15 is 0 Å². The molecule has 3 heteroatoms. The zero-order valence-corrected chi connectivity index (χ0v) is 12.6. The van der Waals surface area contributed by atoms with Crippen molar-refractivity contribution in [2.75, 3.05) is 13.7 Å². The fourth-order valence-corrected chi connectivity index (χ4v) is 2.75. The van der Waals surface area contributed by atoms with Crippen molar-refractivity contribution in [1.29, 1.82) is 0 Å². The summed E-state index contributed by atoms with van der Waals surface area (Å²) in [4.78, 5) is 4.40. The van der Waals surface area contributed by atoms with E-state index in [1.165, 1.54) is 16.3 Å². The molecule has 0 amide bonds. The Labute approximate surface area is 121 Å². The highest BCUT2D eigenvalue weighted by Crippen LogP contribution is 2.28. The lowest BCUT2D eigenvalue weighted by molar-refractivity contribution is 0.0614. The van der Waals surface area contributed by atoms with E-state index in [2.05, 4.69) is 48.4 Å². The van der Waals surface area contributed by atoms with E-state index in [4.69, 9.17) is 4.74 Å². The molecule has 0 radical (unpaired) electrons. The van der Waals surface area contributed by atoms with Crippen molar-refractivity contribution in [3.8, 4) is 0 Å². The smallest absolute Gasteiger partial charge is 0.0766 e. The number of hydrogen-bond donors (Lipinski definition) is 1. The van der Waals surface area contributed by atoms with Crippen molar-refractivity contribution < 1.29 is 4.74 Å². The van der Waals surface area contributed by atoms with Crippen molar-refractivity contribution >= 4 is 10.8 Å². The highest BCUT2D eigenvalue weighted by Gasteiger charge is 2.23. The third-order valence-corrected chi connectivity index (χ3v) is 3.71. The summed E-state index contributed by atoms with van der Waals surface area (Å²) in [6, 6.07) is 8.58. The van der Waals surface area contributed by atoms with Gasteiger partial charge in [0, 0.05) is 24.9 Å². The van der Waals surface area contributed by atoms with Gasteiger partial charge in [0.25, 0.3) is 0 Å². The van der Waals surface area contributed by atoms with Crippen LogP contribution in [0, 0.1) is 0 Å². The lowest BCUT2D eigenvalue weighted by atomic mass is 9.95. The SMILES string of the molecule is CCCC(OC)C(NCC)c1cncc2ccccc12. The Bertz CT molecular complexity index is 536. The molecule has 2 unspecified atom stereocenters. The van der Waals surface area contributed by atoms with E-state index in [0.29, 0.717) is 0 Å². The van der Waals surface area contributed by atoms with Crippen LogP contribution in [0.15, 0.2) is 36.7 Å². The van der Waals surface area contributed by atoms with E-state index in [1.807, 2.05) is 12.4 Å². The van der Waals surface area contributed by atoms with Gasteiger partial charge in [-0.15, -0.1) is 0 Å². The van der Waals surface area contributed by atoms with E-state index in [9.17, 15) is 0 Å². The summed E-state index contributed by atoms with van der Waals surface area (Å²) >= 11 is 0. The largest absolute Gasteiger partial charge is 0.379 e. The summed E-state index contributed by atoms with van der Waals surface area (Å²) in [7, 11) is 1.79. The Morgan fingerprint density at radius 3 is 2.70 bits per heavy atom. The maximum Gasteiger partial charge on any atom is 0.0766 e. The third-order valence-electron chi connectivity index (χ3n) is 3.71. The highest BCUT2D eigenvalue weighted by molar-refractivity contribution is 5.85. The Kier molecular flexibility index (Phi) is 5.50. The molecule has 0 aliphatic carbocycles. The van der Waals surface area contributed by atoms with Crippen LogP contribution in [0.25, 0.3) is 10.8 Å². The van der Waals surface area contributed by atoms with Crippen LogP contribution in [-0.4, -0.2) is 24.7 Å². The van der Waals surface area contributed by atoms with Gasteiger partial charge >= 0.3 is 0 Å². The van der Waals surface area contributed by atoms with Gasteiger partial charge in [-0.05, 0) is 23.9 Å². The van der Waals surface area contributed by atoms with E-state index < -0.39 is 0 Å². The monoisotopic (exact) mass is 272 g/mol. The Morgan fingerprint density at radius 2 is 2.00 bits per heavy atom. The zero-order chi connectivity index (χ0) is 14.4. The topological polar surface area (TPSA) is 34.1 Å². The molecule has 0 bridgehead atoms. The second kappa shape index (κ2) is 7.36. The van der Waals surface area contributed by atoms with Crippen molar-refractivity contribution in [1.82, 2.24) is 10.3 Å². The molecule has 1 aromatic carbocycles. The maximum absolute atomic E-state index is 5.72. The van der Waals surface area contributed by atoms with Gasteiger partial charge < -0.3 is 10.1 Å². The van der Waals surface area contributed by atoms with Gasteiger partial charge in [-0.3, -0.25) is 4.98 Å². The molecule has 0 aliphatic heterocycles. The lowest BCUT2D eigenvalue weighted by Crippen LogP contribution is -2.33. The number of fused-ring (bicyclic) bond motifs is 1. The molecule has 1 N–H and O–H groups in total. The minimum absolute atomic E-state index is 0.174. The Hall–Kier alpha value is -1.45. The summed E-state index contributed by atoms with van der Waals surface area (Å²) in [5, 5.41) is 6.00. The van der Waals surface area contributed by atoms with Crippen LogP contribution >= 0.6 is 0 Å². The minimum Gasteiger partial charge on any atom is -0.379 e. The number of methoxy groups -OCH3 is 1. The lowest BCUT2D eigenvalue weighted by Gasteiger charge is -2.27. The van der Waals surface area contributed by atoms with Crippen LogP contribution in [0.3, 0.4) is 0 Å². The molecule has 2 aromatic rings. The van der Waals surface area contributed by atoms with Crippen LogP contribution in [0.1, 0.15) is 38.3 Å². The number of nitrogens with zero attached hydrogens (tertiary/aromatic N) is 1. The molecule has 1 heterocycles. The van der Waals surface area contributed by atoms with Crippen LogP contribution in [-0.2, 0) is 4.74 Å². The number of aromatic nitrogens is 1. The fourth-order valence-electron chi connectivity index (χ4n) is 2.75. The number of pyridine rings is 1. The quantitative estimate of drug-likeness (QED) is 0.834. The molecule has 20 heavy (non-hydrogen) atoms. The minimum atomic E-state index is 0.174.